The summed E-state index contributed by atoms with van der Waals surface area (Å²) in [5.41, 5.74) is 0.932. The van der Waals surface area contributed by atoms with Crippen LogP contribution in [0.5, 0.6) is 0 Å². The second kappa shape index (κ2) is 4.49. The molecule has 2 aromatic heterocycles. The van der Waals surface area contributed by atoms with Gasteiger partial charge in [0.2, 0.25) is 0 Å². The third-order valence-electron chi connectivity index (χ3n) is 2.20. The van der Waals surface area contributed by atoms with Crippen LogP contribution < -0.4 is 0 Å². The van der Waals surface area contributed by atoms with Crippen molar-refractivity contribution in [2.45, 2.75) is 18.7 Å². The van der Waals surface area contributed by atoms with E-state index in [2.05, 4.69) is 15.3 Å². The Labute approximate surface area is 113 Å². The molecule has 0 fully saturated rings. The van der Waals surface area contributed by atoms with Gasteiger partial charge in [-0.25, -0.2) is 13.1 Å². The molecule has 0 unspecified atom stereocenters. The van der Waals surface area contributed by atoms with Gasteiger partial charge in [-0.15, -0.1) is 5.10 Å². The maximum absolute atomic E-state index is 11.4. The molecule has 0 N–H and O–H groups in total. The van der Waals surface area contributed by atoms with Crippen molar-refractivity contribution in [3.8, 4) is 5.82 Å². The van der Waals surface area contributed by atoms with Gasteiger partial charge in [-0.1, -0.05) is 11.6 Å². The first kappa shape index (κ1) is 13.3. The minimum absolute atomic E-state index is 0.111. The summed E-state index contributed by atoms with van der Waals surface area (Å²) in [6, 6.07) is 3.34. The number of rotatable bonds is 2. The molecule has 0 radical (unpaired) electrons. The second-order valence-electron chi connectivity index (χ2n) is 3.59. The van der Waals surface area contributed by atoms with Crippen molar-refractivity contribution in [2.75, 3.05) is 0 Å². The summed E-state index contributed by atoms with van der Waals surface area (Å²) in [6.45, 7) is 3.28. The summed E-state index contributed by atoms with van der Waals surface area (Å²) < 4.78 is 23.9. The predicted molar refractivity (Wildman–Crippen MR) is 66.7 cm³/mol. The monoisotopic (exact) mass is 306 g/mol. The number of aromatic nitrogens is 4. The number of aryl methyl sites for hydroxylation is 2. The number of hydrogen-bond acceptors (Lipinski definition) is 5. The van der Waals surface area contributed by atoms with Gasteiger partial charge in [-0.05, 0) is 26.0 Å². The minimum Gasteiger partial charge on any atom is -0.207 e. The van der Waals surface area contributed by atoms with E-state index in [1.807, 2.05) is 0 Å². The summed E-state index contributed by atoms with van der Waals surface area (Å²) in [4.78, 5) is -0.215. The van der Waals surface area contributed by atoms with E-state index >= 15 is 0 Å². The average molecular weight is 307 g/mol. The molecule has 0 bridgehead atoms. The predicted octanol–water partition coefficient (Wildman–Crippen LogP) is 1.86. The lowest BCUT2D eigenvalue weighted by atomic mass is 10.4. The Morgan fingerprint density at radius 1 is 1.22 bits per heavy atom. The fourth-order valence-corrected chi connectivity index (χ4v) is 3.34. The SMILES string of the molecule is Cc1ccc(-n2nc(C)c(S(=O)(=O)Cl)c2Cl)nn1. The van der Waals surface area contributed by atoms with Crippen molar-refractivity contribution in [2.24, 2.45) is 0 Å². The van der Waals surface area contributed by atoms with Crippen LogP contribution in [0.15, 0.2) is 17.0 Å². The minimum atomic E-state index is -3.95. The molecule has 0 atom stereocenters. The van der Waals surface area contributed by atoms with Gasteiger partial charge in [0, 0.05) is 10.7 Å². The Morgan fingerprint density at radius 2 is 1.89 bits per heavy atom. The van der Waals surface area contributed by atoms with Crippen molar-refractivity contribution in [3.05, 3.63) is 28.7 Å². The quantitative estimate of drug-likeness (QED) is 0.791. The maximum atomic E-state index is 11.4. The van der Waals surface area contributed by atoms with Crippen LogP contribution in [0.2, 0.25) is 5.15 Å². The standard InChI is InChI=1S/C9H8Cl2N4O2S/c1-5-3-4-7(13-12-5)15-9(10)8(6(2)14-15)18(11,16)17/h3-4H,1-2H3. The van der Waals surface area contributed by atoms with Gasteiger partial charge < -0.3 is 0 Å². The van der Waals surface area contributed by atoms with Crippen LogP contribution in [0, 0.1) is 13.8 Å². The van der Waals surface area contributed by atoms with Crippen LogP contribution in [-0.2, 0) is 9.05 Å². The Hall–Kier alpha value is -1.18. The lowest BCUT2D eigenvalue weighted by Gasteiger charge is -2.01. The fourth-order valence-electron chi connectivity index (χ4n) is 1.42. The van der Waals surface area contributed by atoms with Crippen molar-refractivity contribution < 1.29 is 8.42 Å². The van der Waals surface area contributed by atoms with Gasteiger partial charge in [0.25, 0.3) is 9.05 Å². The van der Waals surface area contributed by atoms with Gasteiger partial charge in [-0.2, -0.15) is 10.2 Å². The molecule has 0 aliphatic carbocycles. The topological polar surface area (TPSA) is 77.7 Å². The zero-order valence-electron chi connectivity index (χ0n) is 9.42. The van der Waals surface area contributed by atoms with E-state index < -0.39 is 9.05 Å². The maximum Gasteiger partial charge on any atom is 0.266 e. The van der Waals surface area contributed by atoms with E-state index in [1.165, 1.54) is 11.6 Å². The molecule has 9 heteroatoms. The fraction of sp³-hybridized carbons (Fsp3) is 0.222. The van der Waals surface area contributed by atoms with Gasteiger partial charge in [0.1, 0.15) is 4.90 Å². The van der Waals surface area contributed by atoms with Crippen molar-refractivity contribution >= 4 is 31.3 Å². The van der Waals surface area contributed by atoms with Crippen LogP contribution in [0.4, 0.5) is 0 Å². The molecule has 2 rings (SSSR count). The zero-order valence-corrected chi connectivity index (χ0v) is 11.8. The molecular weight excluding hydrogens is 299 g/mol. The van der Waals surface area contributed by atoms with E-state index in [0.29, 0.717) is 5.82 Å². The van der Waals surface area contributed by atoms with E-state index in [0.717, 1.165) is 5.69 Å². The molecule has 2 aromatic rings. The Kier molecular flexibility index (Phi) is 3.31. The molecule has 0 aromatic carbocycles. The summed E-state index contributed by atoms with van der Waals surface area (Å²) in [7, 11) is 1.34. The van der Waals surface area contributed by atoms with Crippen molar-refractivity contribution in [1.82, 2.24) is 20.0 Å². The molecule has 0 aliphatic heterocycles. The van der Waals surface area contributed by atoms with Gasteiger partial charge in [-0.3, -0.25) is 0 Å². The third kappa shape index (κ3) is 2.33. The van der Waals surface area contributed by atoms with E-state index in [9.17, 15) is 8.42 Å². The Bertz CT molecular complexity index is 694. The smallest absolute Gasteiger partial charge is 0.207 e. The Balaban J connectivity index is 2.65. The molecular formula is C9H8Cl2N4O2S. The highest BCUT2D eigenvalue weighted by Crippen LogP contribution is 2.29. The molecule has 96 valence electrons. The highest BCUT2D eigenvalue weighted by atomic mass is 35.7. The first-order valence-electron chi connectivity index (χ1n) is 4.81. The van der Waals surface area contributed by atoms with Crippen LogP contribution in [0.25, 0.3) is 5.82 Å². The van der Waals surface area contributed by atoms with Gasteiger partial charge >= 0.3 is 0 Å². The van der Waals surface area contributed by atoms with Gasteiger partial charge in [0.15, 0.2) is 11.0 Å². The second-order valence-corrected chi connectivity index (χ2v) is 6.45. The van der Waals surface area contributed by atoms with Crippen molar-refractivity contribution in [1.29, 1.82) is 0 Å². The summed E-state index contributed by atoms with van der Waals surface area (Å²) in [6.07, 6.45) is 0. The number of halogens is 2. The first-order chi connectivity index (χ1) is 8.30. The largest absolute Gasteiger partial charge is 0.266 e. The zero-order chi connectivity index (χ0) is 13.5. The van der Waals surface area contributed by atoms with Crippen LogP contribution in [0.3, 0.4) is 0 Å². The third-order valence-corrected chi connectivity index (χ3v) is 4.10. The van der Waals surface area contributed by atoms with Crippen LogP contribution in [0.1, 0.15) is 11.4 Å². The molecule has 18 heavy (non-hydrogen) atoms. The lowest BCUT2D eigenvalue weighted by Crippen LogP contribution is -2.02. The van der Waals surface area contributed by atoms with E-state index in [-0.39, 0.29) is 15.7 Å². The molecule has 6 nitrogen and oxygen atoms in total. The first-order valence-corrected chi connectivity index (χ1v) is 7.50. The summed E-state index contributed by atoms with van der Waals surface area (Å²) >= 11 is 5.96. The molecule has 0 spiro atoms. The molecule has 0 saturated heterocycles. The summed E-state index contributed by atoms with van der Waals surface area (Å²) in [5.74, 6) is 0.320. The molecule has 2 heterocycles. The highest BCUT2D eigenvalue weighted by Gasteiger charge is 2.25. The van der Waals surface area contributed by atoms with E-state index in [1.54, 1.807) is 19.1 Å². The molecule has 0 saturated carbocycles. The van der Waals surface area contributed by atoms with Crippen LogP contribution >= 0.6 is 22.3 Å². The van der Waals surface area contributed by atoms with Crippen molar-refractivity contribution in [3.63, 3.8) is 0 Å². The normalized spacial score (nSPS) is 11.8. The highest BCUT2D eigenvalue weighted by molar-refractivity contribution is 8.13. The average Bonchev–Trinajstić information content (AvgIpc) is 2.54. The molecule has 0 aliphatic rings. The summed E-state index contributed by atoms with van der Waals surface area (Å²) in [5, 5.41) is 11.6. The Morgan fingerprint density at radius 3 is 2.33 bits per heavy atom. The lowest BCUT2D eigenvalue weighted by molar-refractivity contribution is 0.609. The number of nitrogens with zero attached hydrogens (tertiary/aromatic N) is 4. The number of hydrogen-bond donors (Lipinski definition) is 0. The van der Waals surface area contributed by atoms with Crippen LogP contribution in [-0.4, -0.2) is 28.4 Å². The van der Waals surface area contributed by atoms with E-state index in [4.69, 9.17) is 22.3 Å². The van der Waals surface area contributed by atoms with Gasteiger partial charge in [0.05, 0.1) is 11.4 Å². The molecule has 0 amide bonds.